The second kappa shape index (κ2) is 5.43. The summed E-state index contributed by atoms with van der Waals surface area (Å²) < 4.78 is 0. The van der Waals surface area contributed by atoms with E-state index in [1.165, 1.54) is 11.9 Å². The summed E-state index contributed by atoms with van der Waals surface area (Å²) in [5.74, 6) is -0.122. The number of benzene rings is 1. The van der Waals surface area contributed by atoms with Gasteiger partial charge >= 0.3 is 6.03 Å². The molecule has 0 radical (unpaired) electrons. The Morgan fingerprint density at radius 3 is 2.64 bits per heavy atom. The SMILES string of the molecule is CN1C(=O)NC2(CCN(Cc3cccc(C#N)c3)CC2)C1=O. The van der Waals surface area contributed by atoms with Crippen LogP contribution < -0.4 is 5.32 Å². The van der Waals surface area contributed by atoms with Crippen LogP contribution in [-0.4, -0.2) is 47.4 Å². The summed E-state index contributed by atoms with van der Waals surface area (Å²) in [6, 6.07) is 9.40. The lowest BCUT2D eigenvalue weighted by molar-refractivity contribution is -0.132. The van der Waals surface area contributed by atoms with E-state index in [1.54, 1.807) is 6.07 Å². The van der Waals surface area contributed by atoms with Gasteiger partial charge in [-0.1, -0.05) is 12.1 Å². The Kier molecular flexibility index (Phi) is 3.59. The number of nitriles is 1. The molecule has 0 saturated carbocycles. The third-order valence-electron chi connectivity index (χ3n) is 4.54. The van der Waals surface area contributed by atoms with E-state index in [-0.39, 0.29) is 11.9 Å². The highest BCUT2D eigenvalue weighted by atomic mass is 16.2. The first-order valence-corrected chi connectivity index (χ1v) is 7.36. The number of piperidine rings is 1. The number of rotatable bonds is 2. The molecule has 1 aromatic carbocycles. The van der Waals surface area contributed by atoms with E-state index >= 15 is 0 Å². The Morgan fingerprint density at radius 2 is 2.05 bits per heavy atom. The van der Waals surface area contributed by atoms with Crippen molar-refractivity contribution < 1.29 is 9.59 Å². The minimum Gasteiger partial charge on any atom is -0.323 e. The summed E-state index contributed by atoms with van der Waals surface area (Å²) in [4.78, 5) is 27.3. The van der Waals surface area contributed by atoms with Crippen LogP contribution in [0.2, 0.25) is 0 Å². The molecule has 2 aliphatic heterocycles. The lowest BCUT2D eigenvalue weighted by atomic mass is 9.87. The molecule has 114 valence electrons. The van der Waals surface area contributed by atoms with Crippen molar-refractivity contribution in [2.75, 3.05) is 20.1 Å². The number of nitrogens with zero attached hydrogens (tertiary/aromatic N) is 3. The summed E-state index contributed by atoms with van der Waals surface area (Å²) in [5.41, 5.74) is 1.04. The van der Waals surface area contributed by atoms with Crippen molar-refractivity contribution in [3.8, 4) is 6.07 Å². The largest absolute Gasteiger partial charge is 0.324 e. The zero-order valence-corrected chi connectivity index (χ0v) is 12.5. The van der Waals surface area contributed by atoms with Gasteiger partial charge in [0, 0.05) is 26.7 Å². The Morgan fingerprint density at radius 1 is 1.32 bits per heavy atom. The van der Waals surface area contributed by atoms with Crippen LogP contribution in [0.3, 0.4) is 0 Å². The van der Waals surface area contributed by atoms with Crippen molar-refractivity contribution >= 4 is 11.9 Å². The first kappa shape index (κ1) is 14.5. The topological polar surface area (TPSA) is 76.4 Å². The normalized spacial score (nSPS) is 21.0. The molecule has 2 heterocycles. The molecular weight excluding hydrogens is 280 g/mol. The smallest absolute Gasteiger partial charge is 0.323 e. The fourth-order valence-corrected chi connectivity index (χ4v) is 3.18. The zero-order chi connectivity index (χ0) is 15.7. The van der Waals surface area contributed by atoms with Crippen molar-refractivity contribution in [1.29, 1.82) is 5.26 Å². The molecule has 1 spiro atoms. The molecule has 3 rings (SSSR count). The maximum absolute atomic E-state index is 12.2. The van der Waals surface area contributed by atoms with E-state index in [0.717, 1.165) is 25.2 Å². The van der Waals surface area contributed by atoms with Crippen molar-refractivity contribution in [3.63, 3.8) is 0 Å². The van der Waals surface area contributed by atoms with E-state index in [0.29, 0.717) is 18.4 Å². The van der Waals surface area contributed by atoms with E-state index in [2.05, 4.69) is 16.3 Å². The minimum absolute atomic E-state index is 0.122. The minimum atomic E-state index is -0.711. The lowest BCUT2D eigenvalue weighted by Crippen LogP contribution is -2.54. The molecule has 0 aromatic heterocycles. The van der Waals surface area contributed by atoms with Gasteiger partial charge in [-0.2, -0.15) is 5.26 Å². The second-order valence-electron chi connectivity index (χ2n) is 5.96. The third-order valence-corrected chi connectivity index (χ3v) is 4.54. The van der Waals surface area contributed by atoms with Gasteiger partial charge in [-0.3, -0.25) is 14.6 Å². The predicted octanol–water partition coefficient (Wildman–Crippen LogP) is 1.07. The summed E-state index contributed by atoms with van der Waals surface area (Å²) >= 11 is 0. The van der Waals surface area contributed by atoms with E-state index in [4.69, 9.17) is 5.26 Å². The third kappa shape index (κ3) is 2.44. The number of amides is 3. The Hall–Kier alpha value is -2.39. The maximum atomic E-state index is 12.2. The van der Waals surface area contributed by atoms with E-state index in [1.807, 2.05) is 18.2 Å². The molecule has 0 aliphatic carbocycles. The van der Waals surface area contributed by atoms with Gasteiger partial charge in [0.05, 0.1) is 11.6 Å². The first-order valence-electron chi connectivity index (χ1n) is 7.36. The number of imide groups is 1. The Bertz CT molecular complexity index is 656. The fraction of sp³-hybridized carbons (Fsp3) is 0.438. The number of carbonyl (C=O) groups excluding carboxylic acids is 2. The molecule has 0 unspecified atom stereocenters. The molecule has 2 aliphatic rings. The van der Waals surface area contributed by atoms with Gasteiger partial charge in [-0.25, -0.2) is 4.79 Å². The van der Waals surface area contributed by atoms with Crippen molar-refractivity contribution in [2.24, 2.45) is 0 Å². The van der Waals surface area contributed by atoms with Crippen LogP contribution in [0.15, 0.2) is 24.3 Å². The van der Waals surface area contributed by atoms with Crippen molar-refractivity contribution in [1.82, 2.24) is 15.1 Å². The molecule has 1 aromatic rings. The summed E-state index contributed by atoms with van der Waals surface area (Å²) in [6.45, 7) is 2.25. The molecule has 6 heteroatoms. The second-order valence-corrected chi connectivity index (χ2v) is 5.96. The molecule has 2 fully saturated rings. The Balaban J connectivity index is 1.64. The lowest BCUT2D eigenvalue weighted by Gasteiger charge is -2.37. The molecule has 2 saturated heterocycles. The Labute approximate surface area is 129 Å². The van der Waals surface area contributed by atoms with Crippen LogP contribution in [0.5, 0.6) is 0 Å². The number of hydrogen-bond donors (Lipinski definition) is 1. The number of urea groups is 1. The summed E-state index contributed by atoms with van der Waals surface area (Å²) in [5, 5.41) is 11.8. The molecule has 6 nitrogen and oxygen atoms in total. The van der Waals surface area contributed by atoms with Crippen molar-refractivity contribution in [2.45, 2.75) is 24.9 Å². The van der Waals surface area contributed by atoms with Gasteiger partial charge in [-0.05, 0) is 30.5 Å². The maximum Gasteiger partial charge on any atom is 0.324 e. The van der Waals surface area contributed by atoms with Crippen LogP contribution >= 0.6 is 0 Å². The molecular formula is C16H18N4O2. The van der Waals surface area contributed by atoms with E-state index < -0.39 is 5.54 Å². The van der Waals surface area contributed by atoms with Gasteiger partial charge in [0.15, 0.2) is 0 Å². The van der Waals surface area contributed by atoms with Gasteiger partial charge in [0.1, 0.15) is 5.54 Å². The van der Waals surface area contributed by atoms with E-state index in [9.17, 15) is 9.59 Å². The van der Waals surface area contributed by atoms with Crippen LogP contribution in [0.25, 0.3) is 0 Å². The van der Waals surface area contributed by atoms with Crippen LogP contribution in [0.4, 0.5) is 4.79 Å². The number of likely N-dealkylation sites (tertiary alicyclic amines) is 1. The highest BCUT2D eigenvalue weighted by Gasteiger charge is 2.50. The van der Waals surface area contributed by atoms with Gasteiger partial charge in [-0.15, -0.1) is 0 Å². The van der Waals surface area contributed by atoms with Crippen LogP contribution in [0, 0.1) is 11.3 Å². The van der Waals surface area contributed by atoms with Gasteiger partial charge in [0.2, 0.25) is 0 Å². The van der Waals surface area contributed by atoms with Crippen LogP contribution in [0.1, 0.15) is 24.0 Å². The van der Waals surface area contributed by atoms with Crippen LogP contribution in [-0.2, 0) is 11.3 Å². The fourth-order valence-electron chi connectivity index (χ4n) is 3.18. The molecule has 1 N–H and O–H groups in total. The molecule has 3 amide bonds. The number of carbonyl (C=O) groups is 2. The highest BCUT2D eigenvalue weighted by molar-refractivity contribution is 6.06. The summed E-state index contributed by atoms with van der Waals surface area (Å²) in [6.07, 6.45) is 1.25. The zero-order valence-electron chi connectivity index (χ0n) is 12.5. The molecule has 0 bridgehead atoms. The number of likely N-dealkylation sites (N-methyl/N-ethyl adjacent to an activating group) is 1. The average molecular weight is 298 g/mol. The number of nitrogens with one attached hydrogen (secondary N) is 1. The first-order chi connectivity index (χ1) is 10.5. The standard InChI is InChI=1S/C16H18N4O2/c1-19-14(21)16(18-15(19)22)5-7-20(8-6-16)11-13-4-2-3-12(9-13)10-17/h2-4,9H,5-8,11H2,1H3,(H,18,22). The highest BCUT2D eigenvalue weighted by Crippen LogP contribution is 2.29. The van der Waals surface area contributed by atoms with Gasteiger partial charge in [0.25, 0.3) is 5.91 Å². The van der Waals surface area contributed by atoms with Crippen molar-refractivity contribution in [3.05, 3.63) is 35.4 Å². The average Bonchev–Trinajstić information content (AvgIpc) is 2.74. The number of hydrogen-bond acceptors (Lipinski definition) is 4. The summed E-state index contributed by atoms with van der Waals surface area (Å²) in [7, 11) is 1.52. The quantitative estimate of drug-likeness (QED) is 0.829. The molecule has 0 atom stereocenters. The monoisotopic (exact) mass is 298 g/mol. The predicted molar refractivity (Wildman–Crippen MR) is 79.7 cm³/mol. The van der Waals surface area contributed by atoms with Gasteiger partial charge < -0.3 is 5.32 Å². The molecule has 22 heavy (non-hydrogen) atoms.